The van der Waals surface area contributed by atoms with E-state index in [4.69, 9.17) is 11.0 Å². The largest absolute Gasteiger partial charge is 0.349 e. The summed E-state index contributed by atoms with van der Waals surface area (Å²) < 4.78 is 2.22. The second-order valence-corrected chi connectivity index (χ2v) is 5.57. The van der Waals surface area contributed by atoms with Crippen molar-refractivity contribution in [2.45, 2.75) is 38.3 Å². The highest BCUT2D eigenvalue weighted by atomic mass is 14.9. The van der Waals surface area contributed by atoms with Gasteiger partial charge in [-0.2, -0.15) is 5.26 Å². The zero-order valence-electron chi connectivity index (χ0n) is 11.5. The van der Waals surface area contributed by atoms with E-state index in [0.29, 0.717) is 5.56 Å². The standard InChI is InChI=1S/C17H19N3/c18-9-13-5-7-14(8-6-13)10-20-11-15-3-1-2-4-17(19)16(15)12-20/h5-8,11-12,17H,1-4,10,19H2. The average molecular weight is 265 g/mol. The van der Waals surface area contributed by atoms with E-state index < -0.39 is 0 Å². The molecule has 3 heteroatoms. The van der Waals surface area contributed by atoms with Crippen LogP contribution in [0.3, 0.4) is 0 Å². The number of nitrogens with two attached hydrogens (primary N) is 1. The van der Waals surface area contributed by atoms with E-state index in [-0.39, 0.29) is 6.04 Å². The minimum atomic E-state index is 0.190. The van der Waals surface area contributed by atoms with Crippen molar-refractivity contribution < 1.29 is 0 Å². The lowest BCUT2D eigenvalue weighted by Crippen LogP contribution is -2.09. The molecule has 0 radical (unpaired) electrons. The first-order valence-electron chi connectivity index (χ1n) is 7.19. The Morgan fingerprint density at radius 1 is 1.20 bits per heavy atom. The average Bonchev–Trinajstić information content (AvgIpc) is 2.79. The van der Waals surface area contributed by atoms with E-state index in [1.165, 1.54) is 29.5 Å². The Kier molecular flexibility index (Phi) is 3.58. The van der Waals surface area contributed by atoms with Gasteiger partial charge in [-0.25, -0.2) is 0 Å². The molecule has 3 rings (SSSR count). The molecule has 1 aromatic carbocycles. The Morgan fingerprint density at radius 3 is 2.75 bits per heavy atom. The molecule has 20 heavy (non-hydrogen) atoms. The molecule has 1 atom stereocenters. The number of nitrogens with zero attached hydrogens (tertiary/aromatic N) is 2. The maximum Gasteiger partial charge on any atom is 0.0991 e. The first-order chi connectivity index (χ1) is 9.76. The summed E-state index contributed by atoms with van der Waals surface area (Å²) in [4.78, 5) is 0. The third-order valence-corrected chi connectivity index (χ3v) is 4.06. The minimum Gasteiger partial charge on any atom is -0.349 e. The number of benzene rings is 1. The monoisotopic (exact) mass is 265 g/mol. The summed E-state index contributed by atoms with van der Waals surface area (Å²) in [6.07, 6.45) is 9.13. The lowest BCUT2D eigenvalue weighted by Gasteiger charge is -2.07. The molecule has 3 nitrogen and oxygen atoms in total. The molecule has 1 aliphatic rings. The highest BCUT2D eigenvalue weighted by molar-refractivity contribution is 5.33. The summed E-state index contributed by atoms with van der Waals surface area (Å²) in [6.45, 7) is 0.839. The second kappa shape index (κ2) is 5.52. The van der Waals surface area contributed by atoms with E-state index in [0.717, 1.165) is 19.4 Å². The van der Waals surface area contributed by atoms with Crippen LogP contribution < -0.4 is 5.73 Å². The van der Waals surface area contributed by atoms with Crippen molar-refractivity contribution in [2.75, 3.05) is 0 Å². The lowest BCUT2D eigenvalue weighted by molar-refractivity contribution is 0.610. The summed E-state index contributed by atoms with van der Waals surface area (Å²) in [5.41, 5.74) is 10.9. The Labute approximate surface area is 119 Å². The summed E-state index contributed by atoms with van der Waals surface area (Å²) in [5, 5.41) is 8.82. The van der Waals surface area contributed by atoms with E-state index in [1.54, 1.807) is 0 Å². The normalized spacial score (nSPS) is 18.1. The maximum absolute atomic E-state index is 8.82. The van der Waals surface area contributed by atoms with Crippen LogP contribution in [-0.2, 0) is 13.0 Å². The second-order valence-electron chi connectivity index (χ2n) is 5.57. The SMILES string of the molecule is N#Cc1ccc(Cn2cc3c(c2)C(N)CCCC3)cc1. The van der Waals surface area contributed by atoms with Gasteiger partial charge in [-0.3, -0.25) is 0 Å². The van der Waals surface area contributed by atoms with Crippen LogP contribution in [0.1, 0.15) is 47.6 Å². The molecule has 2 N–H and O–H groups in total. The molecule has 1 unspecified atom stereocenters. The number of hydrogen-bond donors (Lipinski definition) is 1. The van der Waals surface area contributed by atoms with Crippen molar-refractivity contribution in [3.8, 4) is 6.07 Å². The topological polar surface area (TPSA) is 54.7 Å². The Hall–Kier alpha value is -2.05. The zero-order valence-corrected chi connectivity index (χ0v) is 11.5. The molecule has 2 aromatic rings. The summed E-state index contributed by atoms with van der Waals surface area (Å²) >= 11 is 0. The summed E-state index contributed by atoms with van der Waals surface area (Å²) in [7, 11) is 0. The third kappa shape index (κ3) is 2.61. The number of rotatable bonds is 2. The van der Waals surface area contributed by atoms with Gasteiger partial charge in [0.05, 0.1) is 11.6 Å². The molecule has 0 saturated heterocycles. The van der Waals surface area contributed by atoms with Gasteiger partial charge in [0.1, 0.15) is 0 Å². The van der Waals surface area contributed by atoms with Crippen molar-refractivity contribution in [1.29, 1.82) is 5.26 Å². The minimum absolute atomic E-state index is 0.190. The predicted octanol–water partition coefficient (Wildman–Crippen LogP) is 3.13. The van der Waals surface area contributed by atoms with Crippen LogP contribution in [0.2, 0.25) is 0 Å². The number of nitriles is 1. The summed E-state index contributed by atoms with van der Waals surface area (Å²) in [5.74, 6) is 0. The van der Waals surface area contributed by atoms with E-state index in [9.17, 15) is 0 Å². The molecule has 0 spiro atoms. The predicted molar refractivity (Wildman–Crippen MR) is 79.2 cm³/mol. The quantitative estimate of drug-likeness (QED) is 0.848. The van der Waals surface area contributed by atoms with Crippen molar-refractivity contribution in [3.63, 3.8) is 0 Å². The number of hydrogen-bond acceptors (Lipinski definition) is 2. The molecule has 0 saturated carbocycles. The van der Waals surface area contributed by atoms with Crippen LogP contribution in [0, 0.1) is 11.3 Å². The van der Waals surface area contributed by atoms with Crippen LogP contribution in [0.25, 0.3) is 0 Å². The lowest BCUT2D eigenvalue weighted by atomic mass is 10.1. The van der Waals surface area contributed by atoms with Gasteiger partial charge in [-0.05, 0) is 48.1 Å². The number of fused-ring (bicyclic) bond motifs is 1. The molecular formula is C17H19N3. The van der Waals surface area contributed by atoms with Crippen LogP contribution in [0.5, 0.6) is 0 Å². The number of aromatic nitrogens is 1. The van der Waals surface area contributed by atoms with Crippen molar-refractivity contribution in [2.24, 2.45) is 5.73 Å². The first kappa shape index (κ1) is 13.0. The first-order valence-corrected chi connectivity index (χ1v) is 7.19. The van der Waals surface area contributed by atoms with Gasteiger partial charge in [-0.15, -0.1) is 0 Å². The molecule has 1 aromatic heterocycles. The van der Waals surface area contributed by atoms with Crippen molar-refractivity contribution in [1.82, 2.24) is 4.57 Å². The molecule has 1 heterocycles. The van der Waals surface area contributed by atoms with Crippen LogP contribution >= 0.6 is 0 Å². The van der Waals surface area contributed by atoms with Crippen LogP contribution in [0.4, 0.5) is 0 Å². The van der Waals surface area contributed by atoms with Gasteiger partial charge in [-0.1, -0.05) is 18.6 Å². The van der Waals surface area contributed by atoms with Crippen LogP contribution in [0.15, 0.2) is 36.7 Å². The smallest absolute Gasteiger partial charge is 0.0991 e. The molecule has 0 bridgehead atoms. The Morgan fingerprint density at radius 2 is 2.00 bits per heavy atom. The van der Waals surface area contributed by atoms with E-state index in [1.807, 2.05) is 24.3 Å². The van der Waals surface area contributed by atoms with Crippen molar-refractivity contribution >= 4 is 0 Å². The molecule has 0 amide bonds. The van der Waals surface area contributed by atoms with E-state index >= 15 is 0 Å². The molecule has 0 aliphatic heterocycles. The maximum atomic E-state index is 8.82. The fourth-order valence-corrected chi connectivity index (χ4v) is 2.94. The fraction of sp³-hybridized carbons (Fsp3) is 0.353. The highest BCUT2D eigenvalue weighted by Crippen LogP contribution is 2.28. The zero-order chi connectivity index (χ0) is 13.9. The van der Waals surface area contributed by atoms with Gasteiger partial charge < -0.3 is 10.3 Å². The van der Waals surface area contributed by atoms with Crippen LogP contribution in [-0.4, -0.2) is 4.57 Å². The van der Waals surface area contributed by atoms with E-state index in [2.05, 4.69) is 23.0 Å². The fourth-order valence-electron chi connectivity index (χ4n) is 2.94. The summed E-state index contributed by atoms with van der Waals surface area (Å²) in [6, 6.07) is 10.1. The third-order valence-electron chi connectivity index (χ3n) is 4.06. The molecule has 102 valence electrons. The van der Waals surface area contributed by atoms with Gasteiger partial charge in [0, 0.05) is 25.0 Å². The van der Waals surface area contributed by atoms with Gasteiger partial charge >= 0.3 is 0 Å². The Balaban J connectivity index is 1.81. The molecule has 1 aliphatic carbocycles. The van der Waals surface area contributed by atoms with Crippen molar-refractivity contribution in [3.05, 3.63) is 58.9 Å². The number of aryl methyl sites for hydroxylation is 1. The van der Waals surface area contributed by atoms with Gasteiger partial charge in [0.15, 0.2) is 0 Å². The van der Waals surface area contributed by atoms with Gasteiger partial charge in [0.25, 0.3) is 0 Å². The Bertz CT molecular complexity index is 631. The highest BCUT2D eigenvalue weighted by Gasteiger charge is 2.17. The molecular weight excluding hydrogens is 246 g/mol. The molecule has 0 fully saturated rings. The van der Waals surface area contributed by atoms with Gasteiger partial charge in [0.2, 0.25) is 0 Å².